The van der Waals surface area contributed by atoms with E-state index in [1.54, 1.807) is 12.1 Å². The Morgan fingerprint density at radius 3 is 2.79 bits per heavy atom. The van der Waals surface area contributed by atoms with E-state index in [0.29, 0.717) is 17.8 Å². The number of carboxylic acid groups (broad SMARTS) is 1. The molecule has 4 nitrogen and oxygen atoms in total. The first-order valence-corrected chi connectivity index (χ1v) is 5.15. The van der Waals surface area contributed by atoms with Crippen LogP contribution in [0.3, 0.4) is 0 Å². The Kier molecular flexibility index (Phi) is 2.25. The zero-order valence-electron chi connectivity index (χ0n) is 7.34. The van der Waals surface area contributed by atoms with Crippen LogP contribution in [0, 0.1) is 0 Å². The molecule has 2 rings (SSSR count). The number of carboxylic acids is 1. The minimum Gasteiger partial charge on any atom is -0.480 e. The number of hydrogen-bond acceptors (Lipinski definition) is 3. The molecule has 1 aliphatic rings. The number of hydrogen-bond donors (Lipinski definition) is 1. The maximum Gasteiger partial charge on any atom is 0.326 e. The van der Waals surface area contributed by atoms with Crippen molar-refractivity contribution >= 4 is 23.2 Å². The third kappa shape index (κ3) is 1.39. The van der Waals surface area contributed by atoms with Gasteiger partial charge in [0.15, 0.2) is 0 Å². The highest BCUT2D eigenvalue weighted by molar-refractivity contribution is 7.12. The Balaban J connectivity index is 2.10. The van der Waals surface area contributed by atoms with Crippen LogP contribution in [0.2, 0.25) is 0 Å². The zero-order valence-corrected chi connectivity index (χ0v) is 8.16. The molecule has 1 saturated heterocycles. The fourth-order valence-electron chi connectivity index (χ4n) is 1.43. The molecule has 1 unspecified atom stereocenters. The number of carbonyl (C=O) groups is 2. The second-order valence-corrected chi connectivity index (χ2v) is 4.07. The SMILES string of the molecule is O=C(O)C1CCN1C(=O)c1cccs1. The van der Waals surface area contributed by atoms with Crippen molar-refractivity contribution in [1.82, 2.24) is 4.90 Å². The molecule has 1 amide bonds. The van der Waals surface area contributed by atoms with E-state index in [2.05, 4.69) is 0 Å². The summed E-state index contributed by atoms with van der Waals surface area (Å²) in [5, 5.41) is 10.6. The summed E-state index contributed by atoms with van der Waals surface area (Å²) < 4.78 is 0. The van der Waals surface area contributed by atoms with Gasteiger partial charge in [-0.25, -0.2) is 4.79 Å². The highest BCUT2D eigenvalue weighted by Gasteiger charge is 2.38. The summed E-state index contributed by atoms with van der Waals surface area (Å²) in [5.74, 6) is -1.08. The summed E-state index contributed by atoms with van der Waals surface area (Å²) in [6, 6.07) is 2.88. The Morgan fingerprint density at radius 2 is 2.36 bits per heavy atom. The first-order valence-electron chi connectivity index (χ1n) is 4.27. The summed E-state index contributed by atoms with van der Waals surface area (Å²) in [6.45, 7) is 0.549. The van der Waals surface area contributed by atoms with Gasteiger partial charge in [-0.3, -0.25) is 4.79 Å². The van der Waals surface area contributed by atoms with E-state index in [1.807, 2.05) is 5.38 Å². The monoisotopic (exact) mass is 211 g/mol. The van der Waals surface area contributed by atoms with E-state index < -0.39 is 12.0 Å². The van der Waals surface area contributed by atoms with Crippen molar-refractivity contribution in [3.63, 3.8) is 0 Å². The van der Waals surface area contributed by atoms with Crippen LogP contribution in [0.1, 0.15) is 16.1 Å². The lowest BCUT2D eigenvalue weighted by Crippen LogP contribution is -2.54. The standard InChI is InChI=1S/C9H9NO3S/c11-8(7-2-1-5-14-7)10-4-3-6(10)9(12)13/h1-2,5-6H,3-4H2,(H,12,13). The van der Waals surface area contributed by atoms with Crippen LogP contribution in [0.4, 0.5) is 0 Å². The normalized spacial score (nSPS) is 20.3. The van der Waals surface area contributed by atoms with Crippen molar-refractivity contribution in [2.45, 2.75) is 12.5 Å². The van der Waals surface area contributed by atoms with Crippen LogP contribution in [0.15, 0.2) is 17.5 Å². The van der Waals surface area contributed by atoms with Gasteiger partial charge >= 0.3 is 5.97 Å². The number of nitrogens with zero attached hydrogens (tertiary/aromatic N) is 1. The Bertz CT molecular complexity index is 360. The van der Waals surface area contributed by atoms with Crippen molar-refractivity contribution < 1.29 is 14.7 Å². The summed E-state index contributed by atoms with van der Waals surface area (Å²) in [5.41, 5.74) is 0. The Labute approximate surface area is 84.8 Å². The Morgan fingerprint density at radius 1 is 1.57 bits per heavy atom. The number of carbonyl (C=O) groups excluding carboxylic acids is 1. The summed E-state index contributed by atoms with van der Waals surface area (Å²) in [7, 11) is 0. The fourth-order valence-corrected chi connectivity index (χ4v) is 2.11. The summed E-state index contributed by atoms with van der Waals surface area (Å²) >= 11 is 1.34. The first-order chi connectivity index (χ1) is 6.70. The molecular formula is C9H9NO3S. The lowest BCUT2D eigenvalue weighted by atomic mass is 10.0. The fraction of sp³-hybridized carbons (Fsp3) is 0.333. The average Bonchev–Trinajstić information content (AvgIpc) is 2.51. The maximum atomic E-state index is 11.7. The lowest BCUT2D eigenvalue weighted by Gasteiger charge is -2.37. The van der Waals surface area contributed by atoms with Gasteiger partial charge < -0.3 is 10.0 Å². The minimum atomic E-state index is -0.916. The van der Waals surface area contributed by atoms with Gasteiger partial charge in [0.05, 0.1) is 4.88 Å². The minimum absolute atomic E-state index is 0.168. The smallest absolute Gasteiger partial charge is 0.326 e. The van der Waals surface area contributed by atoms with Crippen molar-refractivity contribution in [3.05, 3.63) is 22.4 Å². The molecule has 14 heavy (non-hydrogen) atoms. The lowest BCUT2D eigenvalue weighted by molar-refractivity contribution is -0.146. The van der Waals surface area contributed by atoms with Crippen molar-refractivity contribution in [1.29, 1.82) is 0 Å². The molecule has 2 heterocycles. The van der Waals surface area contributed by atoms with Gasteiger partial charge in [-0.1, -0.05) is 6.07 Å². The molecule has 1 aromatic heterocycles. The quantitative estimate of drug-likeness (QED) is 0.795. The molecule has 0 aromatic carbocycles. The molecule has 1 atom stereocenters. The third-order valence-electron chi connectivity index (χ3n) is 2.30. The second-order valence-electron chi connectivity index (χ2n) is 3.12. The van der Waals surface area contributed by atoms with Gasteiger partial charge in [0.2, 0.25) is 0 Å². The molecule has 5 heteroatoms. The molecular weight excluding hydrogens is 202 g/mol. The van der Waals surface area contributed by atoms with Crippen LogP contribution in [0.5, 0.6) is 0 Å². The topological polar surface area (TPSA) is 57.6 Å². The average molecular weight is 211 g/mol. The van der Waals surface area contributed by atoms with Gasteiger partial charge in [0, 0.05) is 6.54 Å². The van der Waals surface area contributed by atoms with Crippen molar-refractivity contribution in [2.75, 3.05) is 6.54 Å². The van der Waals surface area contributed by atoms with Crippen LogP contribution < -0.4 is 0 Å². The molecule has 0 bridgehead atoms. The maximum absolute atomic E-state index is 11.7. The molecule has 0 radical (unpaired) electrons. The van der Waals surface area contributed by atoms with Crippen LogP contribution in [-0.2, 0) is 4.79 Å². The van der Waals surface area contributed by atoms with Gasteiger partial charge in [-0.05, 0) is 17.9 Å². The van der Waals surface area contributed by atoms with Crippen LogP contribution >= 0.6 is 11.3 Å². The van der Waals surface area contributed by atoms with E-state index in [-0.39, 0.29) is 5.91 Å². The van der Waals surface area contributed by atoms with E-state index in [0.717, 1.165) is 0 Å². The molecule has 1 aliphatic heterocycles. The third-order valence-corrected chi connectivity index (χ3v) is 3.16. The Hall–Kier alpha value is -1.36. The molecule has 0 spiro atoms. The second kappa shape index (κ2) is 3.42. The number of likely N-dealkylation sites (tertiary alicyclic amines) is 1. The first kappa shape index (κ1) is 9.21. The van der Waals surface area contributed by atoms with Gasteiger partial charge in [-0.2, -0.15) is 0 Å². The van der Waals surface area contributed by atoms with E-state index >= 15 is 0 Å². The van der Waals surface area contributed by atoms with Crippen LogP contribution in [0.25, 0.3) is 0 Å². The largest absolute Gasteiger partial charge is 0.480 e. The molecule has 1 N–H and O–H groups in total. The molecule has 1 fully saturated rings. The molecule has 0 aliphatic carbocycles. The molecule has 0 saturated carbocycles. The van der Waals surface area contributed by atoms with E-state index in [4.69, 9.17) is 5.11 Å². The molecule has 74 valence electrons. The number of rotatable bonds is 2. The summed E-state index contributed by atoms with van der Waals surface area (Å²) in [6.07, 6.45) is 0.562. The number of aliphatic carboxylic acids is 1. The van der Waals surface area contributed by atoms with Crippen molar-refractivity contribution in [3.8, 4) is 0 Å². The number of amides is 1. The predicted octanol–water partition coefficient (Wildman–Crippen LogP) is 1.05. The highest BCUT2D eigenvalue weighted by atomic mass is 32.1. The van der Waals surface area contributed by atoms with E-state index in [1.165, 1.54) is 16.2 Å². The van der Waals surface area contributed by atoms with E-state index in [9.17, 15) is 9.59 Å². The predicted molar refractivity (Wildman–Crippen MR) is 51.4 cm³/mol. The molecule has 1 aromatic rings. The number of thiophene rings is 1. The summed E-state index contributed by atoms with van der Waals surface area (Å²) in [4.78, 5) is 24.4. The van der Waals surface area contributed by atoms with Gasteiger partial charge in [0.25, 0.3) is 5.91 Å². The zero-order chi connectivity index (χ0) is 10.1. The van der Waals surface area contributed by atoms with Crippen LogP contribution in [-0.4, -0.2) is 34.5 Å². The van der Waals surface area contributed by atoms with Crippen molar-refractivity contribution in [2.24, 2.45) is 0 Å². The van der Waals surface area contributed by atoms with Gasteiger partial charge in [-0.15, -0.1) is 11.3 Å². The highest BCUT2D eigenvalue weighted by Crippen LogP contribution is 2.22. The van der Waals surface area contributed by atoms with Gasteiger partial charge in [0.1, 0.15) is 6.04 Å².